The summed E-state index contributed by atoms with van der Waals surface area (Å²) in [5.41, 5.74) is 6.00. The van der Waals surface area contributed by atoms with Gasteiger partial charge >= 0.3 is 0 Å². The number of fused-ring (bicyclic) bond motifs is 1. The lowest BCUT2D eigenvalue weighted by molar-refractivity contribution is 0.626. The summed E-state index contributed by atoms with van der Waals surface area (Å²) in [6, 6.07) is 23.6. The van der Waals surface area contributed by atoms with Crippen LogP contribution in [-0.2, 0) is 6.54 Å². The van der Waals surface area contributed by atoms with Gasteiger partial charge in [0, 0.05) is 16.8 Å². The molecule has 0 bridgehead atoms. The maximum Gasteiger partial charge on any atom is 0.123 e. The third-order valence-corrected chi connectivity index (χ3v) is 6.01. The predicted molar refractivity (Wildman–Crippen MR) is 139 cm³/mol. The van der Waals surface area contributed by atoms with E-state index in [2.05, 4.69) is 15.6 Å². The monoisotopic (exact) mass is 508 g/mol. The van der Waals surface area contributed by atoms with Gasteiger partial charge in [-0.1, -0.05) is 5.21 Å². The average molecular weight is 509 g/mol. The Kier molecular flexibility index (Phi) is 6.01. The molecular weight excluding hydrogens is 489 g/mol. The summed E-state index contributed by atoms with van der Waals surface area (Å²) >= 11 is 0. The first kappa shape index (κ1) is 23.4. The van der Waals surface area contributed by atoms with Crippen molar-refractivity contribution in [3.05, 3.63) is 120 Å². The number of rotatable bonds is 6. The van der Waals surface area contributed by atoms with Crippen LogP contribution in [0, 0.1) is 17.5 Å². The van der Waals surface area contributed by atoms with Gasteiger partial charge in [-0.05, 0) is 91.0 Å². The zero-order chi connectivity index (χ0) is 26.1. The van der Waals surface area contributed by atoms with Gasteiger partial charge in [0.15, 0.2) is 0 Å². The summed E-state index contributed by atoms with van der Waals surface area (Å²) in [6.45, 7) is 0.401. The van der Waals surface area contributed by atoms with Gasteiger partial charge < -0.3 is 5.32 Å². The number of aromatic nitrogens is 5. The summed E-state index contributed by atoms with van der Waals surface area (Å²) in [7, 11) is 0. The standard InChI is InChI=1S/C29H19F3N6/c30-20-5-1-18(2-6-20)28-29(19-3-7-21(31)8-4-19)35-27-15-23(11-14-26(27)34-28)33-16-24-17-38(37-36-24)25-12-9-22(32)10-13-25/h1-15,17,33H,16H2. The van der Waals surface area contributed by atoms with E-state index in [-0.39, 0.29) is 17.5 Å². The lowest BCUT2D eigenvalue weighted by atomic mass is 10.0. The molecule has 186 valence electrons. The van der Waals surface area contributed by atoms with E-state index < -0.39 is 0 Å². The molecule has 0 aliphatic heterocycles. The molecule has 2 aromatic heterocycles. The van der Waals surface area contributed by atoms with Crippen LogP contribution in [0.25, 0.3) is 39.2 Å². The first-order valence-corrected chi connectivity index (χ1v) is 11.8. The smallest absolute Gasteiger partial charge is 0.123 e. The molecule has 0 radical (unpaired) electrons. The summed E-state index contributed by atoms with van der Waals surface area (Å²) in [6.07, 6.45) is 1.77. The van der Waals surface area contributed by atoms with E-state index in [1.807, 2.05) is 18.2 Å². The summed E-state index contributed by atoms with van der Waals surface area (Å²) in [5, 5.41) is 11.6. The molecule has 0 aliphatic rings. The molecule has 38 heavy (non-hydrogen) atoms. The van der Waals surface area contributed by atoms with E-state index in [9.17, 15) is 13.2 Å². The van der Waals surface area contributed by atoms with Gasteiger partial charge in [-0.15, -0.1) is 5.10 Å². The van der Waals surface area contributed by atoms with Crippen LogP contribution in [0.5, 0.6) is 0 Å². The Labute approximate surface area is 215 Å². The Balaban J connectivity index is 1.31. The number of hydrogen-bond donors (Lipinski definition) is 1. The first-order valence-electron chi connectivity index (χ1n) is 11.8. The van der Waals surface area contributed by atoms with E-state index in [1.54, 1.807) is 47.3 Å². The lowest BCUT2D eigenvalue weighted by Crippen LogP contribution is -2.01. The molecule has 0 atom stereocenters. The molecule has 6 aromatic rings. The molecule has 2 heterocycles. The first-order chi connectivity index (χ1) is 18.5. The largest absolute Gasteiger partial charge is 0.379 e. The molecule has 6 nitrogen and oxygen atoms in total. The Bertz CT molecular complexity index is 1730. The van der Waals surface area contributed by atoms with Crippen LogP contribution in [0.2, 0.25) is 0 Å². The van der Waals surface area contributed by atoms with Crippen LogP contribution in [0.1, 0.15) is 5.69 Å². The molecule has 0 fully saturated rings. The Morgan fingerprint density at radius 1 is 0.632 bits per heavy atom. The number of nitrogens with zero attached hydrogens (tertiary/aromatic N) is 5. The van der Waals surface area contributed by atoms with Gasteiger partial charge in [0.05, 0.1) is 40.9 Å². The van der Waals surface area contributed by atoms with Gasteiger partial charge in [0.25, 0.3) is 0 Å². The van der Waals surface area contributed by atoms with Crippen molar-refractivity contribution in [3.63, 3.8) is 0 Å². The zero-order valence-electron chi connectivity index (χ0n) is 19.8. The van der Waals surface area contributed by atoms with E-state index in [1.165, 1.54) is 36.4 Å². The summed E-state index contributed by atoms with van der Waals surface area (Å²) < 4.78 is 41.9. The SMILES string of the molecule is Fc1ccc(-c2nc3ccc(NCc4cn(-c5ccc(F)cc5)nn4)cc3nc2-c2ccc(F)cc2)cc1. The van der Waals surface area contributed by atoms with E-state index in [0.29, 0.717) is 51.5 Å². The molecule has 6 rings (SSSR count). The van der Waals surface area contributed by atoms with Gasteiger partial charge in [-0.2, -0.15) is 0 Å². The van der Waals surface area contributed by atoms with Gasteiger partial charge in [-0.3, -0.25) is 0 Å². The molecular formula is C29H19F3N6. The second-order valence-corrected chi connectivity index (χ2v) is 8.62. The van der Waals surface area contributed by atoms with Crippen molar-refractivity contribution in [1.29, 1.82) is 0 Å². The highest BCUT2D eigenvalue weighted by Gasteiger charge is 2.14. The van der Waals surface area contributed by atoms with E-state index in [0.717, 1.165) is 5.69 Å². The van der Waals surface area contributed by atoms with Crippen LogP contribution < -0.4 is 5.32 Å². The second kappa shape index (κ2) is 9.78. The summed E-state index contributed by atoms with van der Waals surface area (Å²) in [4.78, 5) is 9.68. The molecule has 0 saturated carbocycles. The highest BCUT2D eigenvalue weighted by atomic mass is 19.1. The zero-order valence-corrected chi connectivity index (χ0v) is 19.8. The molecule has 0 spiro atoms. The highest BCUT2D eigenvalue weighted by molar-refractivity contribution is 5.87. The fraction of sp³-hybridized carbons (Fsp3) is 0.0345. The topological polar surface area (TPSA) is 68.5 Å². The number of benzene rings is 4. The Morgan fingerprint density at radius 3 is 1.79 bits per heavy atom. The van der Waals surface area contributed by atoms with Crippen molar-refractivity contribution in [2.24, 2.45) is 0 Å². The lowest BCUT2D eigenvalue weighted by Gasteiger charge is -2.12. The minimum Gasteiger partial charge on any atom is -0.379 e. The molecule has 1 N–H and O–H groups in total. The fourth-order valence-corrected chi connectivity index (χ4v) is 4.07. The number of anilines is 1. The van der Waals surface area contributed by atoms with Crippen molar-refractivity contribution in [3.8, 4) is 28.2 Å². The minimum atomic E-state index is -0.353. The number of hydrogen-bond acceptors (Lipinski definition) is 5. The Morgan fingerprint density at radius 2 is 1.18 bits per heavy atom. The average Bonchev–Trinajstić information content (AvgIpc) is 3.41. The number of halogens is 3. The Hall–Kier alpha value is -5.05. The maximum atomic E-state index is 13.6. The third kappa shape index (κ3) is 4.81. The normalized spacial score (nSPS) is 11.1. The minimum absolute atomic E-state index is 0.317. The van der Waals surface area contributed by atoms with Crippen LogP contribution in [0.15, 0.2) is 97.2 Å². The van der Waals surface area contributed by atoms with E-state index in [4.69, 9.17) is 9.97 Å². The van der Waals surface area contributed by atoms with E-state index >= 15 is 0 Å². The van der Waals surface area contributed by atoms with Crippen molar-refractivity contribution in [2.75, 3.05) is 5.32 Å². The molecule has 0 amide bonds. The van der Waals surface area contributed by atoms with Gasteiger partial charge in [-0.25, -0.2) is 27.8 Å². The predicted octanol–water partition coefficient (Wildman–Crippen LogP) is 6.57. The number of nitrogens with one attached hydrogen (secondary N) is 1. The maximum absolute atomic E-state index is 13.6. The van der Waals surface area contributed by atoms with Crippen LogP contribution in [0.4, 0.5) is 18.9 Å². The van der Waals surface area contributed by atoms with Crippen molar-refractivity contribution >= 4 is 16.7 Å². The van der Waals surface area contributed by atoms with Gasteiger partial charge in [0.2, 0.25) is 0 Å². The van der Waals surface area contributed by atoms with Crippen molar-refractivity contribution in [1.82, 2.24) is 25.0 Å². The van der Waals surface area contributed by atoms with Crippen LogP contribution >= 0.6 is 0 Å². The second-order valence-electron chi connectivity index (χ2n) is 8.62. The van der Waals surface area contributed by atoms with Crippen LogP contribution in [-0.4, -0.2) is 25.0 Å². The van der Waals surface area contributed by atoms with Crippen molar-refractivity contribution in [2.45, 2.75) is 6.54 Å². The van der Waals surface area contributed by atoms with Crippen LogP contribution in [0.3, 0.4) is 0 Å². The molecule has 0 aliphatic carbocycles. The molecule has 4 aromatic carbocycles. The quantitative estimate of drug-likeness (QED) is 0.276. The summed E-state index contributed by atoms with van der Waals surface area (Å²) in [5.74, 6) is -1.02. The fourth-order valence-electron chi connectivity index (χ4n) is 4.07. The van der Waals surface area contributed by atoms with Crippen molar-refractivity contribution < 1.29 is 13.2 Å². The van der Waals surface area contributed by atoms with Gasteiger partial charge in [0.1, 0.15) is 23.1 Å². The third-order valence-electron chi connectivity index (χ3n) is 6.01. The highest BCUT2D eigenvalue weighted by Crippen LogP contribution is 2.32. The molecule has 9 heteroatoms. The molecule has 0 unspecified atom stereocenters. The molecule has 0 saturated heterocycles.